The van der Waals surface area contributed by atoms with E-state index >= 15 is 0 Å². The number of hydrogen-bond donors (Lipinski definition) is 1. The second kappa shape index (κ2) is 6.38. The van der Waals surface area contributed by atoms with Crippen molar-refractivity contribution in [2.45, 2.75) is 45.6 Å². The van der Waals surface area contributed by atoms with Gasteiger partial charge in [0.15, 0.2) is 0 Å². The fourth-order valence-electron chi connectivity index (χ4n) is 2.96. The number of aliphatic hydroxyl groups is 1. The van der Waals surface area contributed by atoms with Crippen LogP contribution in [0.2, 0.25) is 0 Å². The van der Waals surface area contributed by atoms with Crippen LogP contribution in [0.4, 0.5) is 10.1 Å². The van der Waals surface area contributed by atoms with Crippen LogP contribution in [0.3, 0.4) is 0 Å². The molecule has 2 rings (SSSR count). The quantitative estimate of drug-likeness (QED) is 0.896. The molecule has 1 heterocycles. The van der Waals surface area contributed by atoms with Gasteiger partial charge in [-0.1, -0.05) is 13.3 Å². The molecule has 19 heavy (non-hydrogen) atoms. The topological polar surface area (TPSA) is 23.5 Å². The summed E-state index contributed by atoms with van der Waals surface area (Å²) in [5.41, 5.74) is 1.70. The summed E-state index contributed by atoms with van der Waals surface area (Å²) in [5.74, 6) is 0.529. The molecule has 1 saturated heterocycles. The molecule has 0 aliphatic carbocycles. The maximum Gasteiger partial charge on any atom is 0.123 e. The molecule has 0 aromatic heterocycles. The Kier molecular flexibility index (Phi) is 4.81. The van der Waals surface area contributed by atoms with Crippen molar-refractivity contribution in [3.05, 3.63) is 29.6 Å². The zero-order valence-corrected chi connectivity index (χ0v) is 11.9. The van der Waals surface area contributed by atoms with Gasteiger partial charge in [0.05, 0.1) is 6.10 Å². The van der Waals surface area contributed by atoms with Crippen molar-refractivity contribution < 1.29 is 9.50 Å². The number of benzene rings is 1. The lowest BCUT2D eigenvalue weighted by molar-refractivity contribution is 0.199. The highest BCUT2D eigenvalue weighted by atomic mass is 19.1. The van der Waals surface area contributed by atoms with Crippen molar-refractivity contribution >= 4 is 5.69 Å². The van der Waals surface area contributed by atoms with Crippen LogP contribution >= 0.6 is 0 Å². The second-order valence-corrected chi connectivity index (χ2v) is 5.57. The molecule has 0 bridgehead atoms. The molecule has 1 unspecified atom stereocenters. The highest BCUT2D eigenvalue weighted by molar-refractivity contribution is 5.54. The molecule has 2 nitrogen and oxygen atoms in total. The highest BCUT2D eigenvalue weighted by Gasteiger charge is 2.19. The first kappa shape index (κ1) is 14.3. The minimum atomic E-state index is -0.629. The first-order valence-electron chi connectivity index (χ1n) is 7.34. The average molecular weight is 265 g/mol. The molecule has 0 radical (unpaired) electrons. The number of aliphatic hydroxyl groups excluding tert-OH is 1. The largest absolute Gasteiger partial charge is 0.389 e. The van der Waals surface area contributed by atoms with Crippen LogP contribution in [0.25, 0.3) is 0 Å². The van der Waals surface area contributed by atoms with Crippen LogP contribution in [0.1, 0.15) is 51.2 Å². The zero-order valence-electron chi connectivity index (χ0n) is 11.9. The van der Waals surface area contributed by atoms with Crippen molar-refractivity contribution in [3.63, 3.8) is 0 Å². The van der Waals surface area contributed by atoms with Crippen LogP contribution in [-0.2, 0) is 0 Å². The molecule has 1 aromatic rings. The van der Waals surface area contributed by atoms with Gasteiger partial charge in [0, 0.05) is 24.3 Å². The SMILES string of the molecule is CCC1CCCN(c2ccc(F)cc2[C@@H](C)O)CC1. The molecule has 0 spiro atoms. The van der Waals surface area contributed by atoms with Crippen molar-refractivity contribution in [3.8, 4) is 0 Å². The van der Waals surface area contributed by atoms with E-state index in [0.29, 0.717) is 5.56 Å². The average Bonchev–Trinajstić information content (AvgIpc) is 2.63. The summed E-state index contributed by atoms with van der Waals surface area (Å²) >= 11 is 0. The summed E-state index contributed by atoms with van der Waals surface area (Å²) in [4.78, 5) is 2.30. The van der Waals surface area contributed by atoms with Crippen LogP contribution < -0.4 is 4.90 Å². The van der Waals surface area contributed by atoms with Gasteiger partial charge in [0.2, 0.25) is 0 Å². The van der Waals surface area contributed by atoms with E-state index in [0.717, 1.165) is 24.7 Å². The lowest BCUT2D eigenvalue weighted by atomic mass is 9.98. The van der Waals surface area contributed by atoms with E-state index in [9.17, 15) is 9.50 Å². The third-order valence-electron chi connectivity index (χ3n) is 4.21. The fourth-order valence-corrected chi connectivity index (χ4v) is 2.96. The number of hydrogen-bond acceptors (Lipinski definition) is 2. The monoisotopic (exact) mass is 265 g/mol. The van der Waals surface area contributed by atoms with E-state index < -0.39 is 6.10 Å². The maximum atomic E-state index is 13.3. The lowest BCUT2D eigenvalue weighted by Gasteiger charge is -2.26. The Labute approximate surface area is 115 Å². The van der Waals surface area contributed by atoms with Gasteiger partial charge in [-0.2, -0.15) is 0 Å². The van der Waals surface area contributed by atoms with Gasteiger partial charge in [-0.3, -0.25) is 0 Å². The Bertz CT molecular complexity index is 419. The molecule has 1 fully saturated rings. The molecule has 0 amide bonds. The molecule has 3 heteroatoms. The van der Waals surface area contributed by atoms with Crippen LogP contribution in [-0.4, -0.2) is 18.2 Å². The molecule has 1 aliphatic rings. The van der Waals surface area contributed by atoms with E-state index in [1.165, 1.54) is 37.8 Å². The van der Waals surface area contributed by atoms with Crippen LogP contribution in [0.5, 0.6) is 0 Å². The number of nitrogens with zero attached hydrogens (tertiary/aromatic N) is 1. The molecular weight excluding hydrogens is 241 g/mol. The number of anilines is 1. The Hall–Kier alpha value is -1.09. The third kappa shape index (κ3) is 3.47. The predicted octanol–water partition coefficient (Wildman–Crippen LogP) is 3.90. The summed E-state index contributed by atoms with van der Waals surface area (Å²) < 4.78 is 13.3. The standard InChI is InChI=1S/C16H24FNO/c1-3-13-5-4-9-18(10-8-13)16-7-6-14(17)11-15(16)12(2)19/h6-7,11-13,19H,3-5,8-10H2,1-2H3/t12-,13?/m1/s1. The van der Waals surface area contributed by atoms with Gasteiger partial charge in [-0.15, -0.1) is 0 Å². The molecule has 1 aliphatic heterocycles. The Morgan fingerprint density at radius 1 is 1.37 bits per heavy atom. The molecule has 1 N–H and O–H groups in total. The summed E-state index contributed by atoms with van der Waals surface area (Å²) in [7, 11) is 0. The van der Waals surface area contributed by atoms with Gasteiger partial charge in [-0.05, 0) is 50.3 Å². The maximum absolute atomic E-state index is 13.3. The van der Waals surface area contributed by atoms with Gasteiger partial charge < -0.3 is 10.0 Å². The molecule has 106 valence electrons. The van der Waals surface area contributed by atoms with Gasteiger partial charge in [0.25, 0.3) is 0 Å². The second-order valence-electron chi connectivity index (χ2n) is 5.57. The van der Waals surface area contributed by atoms with Crippen molar-refractivity contribution in [1.29, 1.82) is 0 Å². The van der Waals surface area contributed by atoms with Crippen molar-refractivity contribution in [2.24, 2.45) is 5.92 Å². The summed E-state index contributed by atoms with van der Waals surface area (Å²) in [6.45, 7) is 5.95. The minimum Gasteiger partial charge on any atom is -0.389 e. The van der Waals surface area contributed by atoms with E-state index in [4.69, 9.17) is 0 Å². The number of rotatable bonds is 3. The first-order valence-corrected chi connectivity index (χ1v) is 7.34. The Balaban J connectivity index is 2.21. The van der Waals surface area contributed by atoms with Crippen molar-refractivity contribution in [2.75, 3.05) is 18.0 Å². The minimum absolute atomic E-state index is 0.277. The fraction of sp³-hybridized carbons (Fsp3) is 0.625. The Morgan fingerprint density at radius 2 is 2.16 bits per heavy atom. The molecule has 1 aromatic carbocycles. The first-order chi connectivity index (χ1) is 9.11. The summed E-state index contributed by atoms with van der Waals surface area (Å²) in [6.07, 6.45) is 4.25. The van der Waals surface area contributed by atoms with Crippen molar-refractivity contribution in [1.82, 2.24) is 0 Å². The van der Waals surface area contributed by atoms with E-state index in [-0.39, 0.29) is 5.82 Å². The van der Waals surface area contributed by atoms with E-state index in [1.807, 2.05) is 6.07 Å². The molecule has 0 saturated carbocycles. The number of halogens is 1. The summed E-state index contributed by atoms with van der Waals surface area (Å²) in [5, 5.41) is 9.83. The molecule has 2 atom stereocenters. The van der Waals surface area contributed by atoms with Gasteiger partial charge in [0.1, 0.15) is 5.82 Å². The third-order valence-corrected chi connectivity index (χ3v) is 4.21. The summed E-state index contributed by atoms with van der Waals surface area (Å²) in [6, 6.07) is 4.76. The van der Waals surface area contributed by atoms with Gasteiger partial charge >= 0.3 is 0 Å². The van der Waals surface area contributed by atoms with Crippen LogP contribution in [0, 0.1) is 11.7 Å². The smallest absolute Gasteiger partial charge is 0.123 e. The molecular formula is C16H24FNO. The van der Waals surface area contributed by atoms with E-state index in [2.05, 4.69) is 11.8 Å². The van der Waals surface area contributed by atoms with E-state index in [1.54, 1.807) is 6.92 Å². The van der Waals surface area contributed by atoms with Crippen LogP contribution in [0.15, 0.2) is 18.2 Å². The highest BCUT2D eigenvalue weighted by Crippen LogP contribution is 2.30. The van der Waals surface area contributed by atoms with Gasteiger partial charge in [-0.25, -0.2) is 4.39 Å². The Morgan fingerprint density at radius 3 is 2.84 bits per heavy atom. The normalized spacial score (nSPS) is 22.1. The predicted molar refractivity (Wildman–Crippen MR) is 76.9 cm³/mol. The zero-order chi connectivity index (χ0) is 13.8. The lowest BCUT2D eigenvalue weighted by Crippen LogP contribution is -2.25.